The summed E-state index contributed by atoms with van der Waals surface area (Å²) >= 11 is 2.05. The van der Waals surface area contributed by atoms with Gasteiger partial charge in [0, 0.05) is 25.4 Å². The lowest BCUT2D eigenvalue weighted by atomic mass is 10.1. The van der Waals surface area contributed by atoms with Crippen LogP contribution in [-0.2, 0) is 13.6 Å². The van der Waals surface area contributed by atoms with E-state index in [1.807, 2.05) is 30.3 Å². The van der Waals surface area contributed by atoms with Crippen molar-refractivity contribution in [2.45, 2.75) is 38.0 Å². The van der Waals surface area contributed by atoms with Crippen molar-refractivity contribution in [1.82, 2.24) is 25.4 Å². The van der Waals surface area contributed by atoms with Crippen molar-refractivity contribution in [3.05, 3.63) is 11.6 Å². The van der Waals surface area contributed by atoms with Crippen LogP contribution in [0.1, 0.15) is 31.4 Å². The molecule has 2 N–H and O–H groups in total. The number of aromatic nitrogens is 3. The zero-order valence-electron chi connectivity index (χ0n) is 13.1. The third-order valence-electron chi connectivity index (χ3n) is 3.75. The van der Waals surface area contributed by atoms with Gasteiger partial charge in [0.2, 0.25) is 0 Å². The van der Waals surface area contributed by atoms with Gasteiger partial charge in [-0.25, -0.2) is 0 Å². The quantitative estimate of drug-likeness (QED) is 0.438. The molecule has 1 aromatic heterocycles. The first-order valence-electron chi connectivity index (χ1n) is 6.97. The van der Waals surface area contributed by atoms with Crippen LogP contribution in [0.25, 0.3) is 0 Å². The number of thioether (sulfide) groups is 1. The number of aryl methyl sites for hydroxylation is 1. The molecule has 0 amide bonds. The molecule has 1 aliphatic heterocycles. The number of aliphatic imine (C=N–C) groups is 1. The molecule has 1 aliphatic rings. The van der Waals surface area contributed by atoms with Crippen LogP contribution in [0.3, 0.4) is 0 Å². The minimum Gasteiger partial charge on any atom is -0.355 e. The van der Waals surface area contributed by atoms with Gasteiger partial charge in [-0.3, -0.25) is 4.99 Å². The minimum absolute atomic E-state index is 0. The summed E-state index contributed by atoms with van der Waals surface area (Å²) < 4.78 is 2.31. The van der Waals surface area contributed by atoms with Crippen LogP contribution >= 0.6 is 35.7 Å². The monoisotopic (exact) mass is 424 g/mol. The van der Waals surface area contributed by atoms with Gasteiger partial charge in [-0.2, -0.15) is 11.8 Å². The van der Waals surface area contributed by atoms with Gasteiger partial charge < -0.3 is 15.2 Å². The molecule has 0 aromatic carbocycles. The van der Waals surface area contributed by atoms with E-state index >= 15 is 0 Å². The summed E-state index contributed by atoms with van der Waals surface area (Å²) in [6.07, 6.45) is 2.58. The largest absolute Gasteiger partial charge is 0.355 e. The molecule has 8 heteroatoms. The Bertz CT molecular complexity index is 481. The van der Waals surface area contributed by atoms with Crippen molar-refractivity contribution in [1.29, 1.82) is 0 Å². The highest BCUT2D eigenvalue weighted by Gasteiger charge is 2.29. The number of rotatable bonds is 4. The normalized spacial score (nSPS) is 22.0. The Labute approximate surface area is 148 Å². The number of hydrogen-bond donors (Lipinski definition) is 2. The first-order valence-corrected chi connectivity index (χ1v) is 7.96. The summed E-state index contributed by atoms with van der Waals surface area (Å²) in [7, 11) is 3.76. The highest BCUT2D eigenvalue weighted by atomic mass is 127. The average molecular weight is 424 g/mol. The first kappa shape index (κ1) is 18.5. The maximum absolute atomic E-state index is 4.26. The smallest absolute Gasteiger partial charge is 0.191 e. The van der Waals surface area contributed by atoms with E-state index in [-0.39, 0.29) is 24.0 Å². The van der Waals surface area contributed by atoms with Gasteiger partial charge in [-0.05, 0) is 32.4 Å². The van der Waals surface area contributed by atoms with Crippen LogP contribution in [0.4, 0.5) is 0 Å². The van der Waals surface area contributed by atoms with Crippen LogP contribution in [0.5, 0.6) is 0 Å². The molecular weight excluding hydrogens is 399 g/mol. The SMILES string of the molecule is CN=C(NCc1nnc(C)n1C)NCC1(C)CCCS1.I. The molecular formula is C13H25IN6S. The number of nitrogens with zero attached hydrogens (tertiary/aromatic N) is 4. The second-order valence-electron chi connectivity index (χ2n) is 5.40. The van der Waals surface area contributed by atoms with Gasteiger partial charge in [-0.15, -0.1) is 34.2 Å². The predicted molar refractivity (Wildman–Crippen MR) is 99.5 cm³/mol. The van der Waals surface area contributed by atoms with Gasteiger partial charge in [0.25, 0.3) is 0 Å². The average Bonchev–Trinajstić information content (AvgIpc) is 3.00. The molecule has 1 fully saturated rings. The summed E-state index contributed by atoms with van der Waals surface area (Å²) in [5, 5.41) is 14.9. The first-order chi connectivity index (χ1) is 9.54. The Kier molecular flexibility index (Phi) is 7.25. The summed E-state index contributed by atoms with van der Waals surface area (Å²) in [5.74, 6) is 3.91. The van der Waals surface area contributed by atoms with Gasteiger partial charge >= 0.3 is 0 Å². The van der Waals surface area contributed by atoms with E-state index in [4.69, 9.17) is 0 Å². The van der Waals surface area contributed by atoms with Gasteiger partial charge in [0.05, 0.1) is 6.54 Å². The Balaban J connectivity index is 0.00000220. The van der Waals surface area contributed by atoms with E-state index in [0.717, 1.165) is 24.2 Å². The maximum atomic E-state index is 4.26. The molecule has 0 saturated carbocycles. The molecule has 1 unspecified atom stereocenters. The van der Waals surface area contributed by atoms with Gasteiger partial charge in [0.1, 0.15) is 5.82 Å². The standard InChI is InChI=1S/C13H24N6S.HI/c1-10-17-18-11(19(10)4)8-15-12(14-3)16-9-13(2)6-5-7-20-13;/h5-9H2,1-4H3,(H2,14,15,16);1H. The molecule has 120 valence electrons. The molecule has 1 aromatic rings. The molecule has 0 aliphatic carbocycles. The van der Waals surface area contributed by atoms with Crippen LogP contribution in [0.2, 0.25) is 0 Å². The number of guanidine groups is 1. The Morgan fingerprint density at radius 1 is 1.43 bits per heavy atom. The zero-order valence-corrected chi connectivity index (χ0v) is 16.3. The Morgan fingerprint density at radius 2 is 2.19 bits per heavy atom. The molecule has 6 nitrogen and oxygen atoms in total. The van der Waals surface area contributed by atoms with E-state index in [2.05, 4.69) is 32.7 Å². The molecule has 1 atom stereocenters. The minimum atomic E-state index is 0. The summed E-state index contributed by atoms with van der Waals surface area (Å²) in [4.78, 5) is 4.26. The van der Waals surface area contributed by atoms with E-state index < -0.39 is 0 Å². The number of hydrogen-bond acceptors (Lipinski definition) is 4. The van der Waals surface area contributed by atoms with E-state index in [1.54, 1.807) is 7.05 Å². The Morgan fingerprint density at radius 3 is 2.71 bits per heavy atom. The maximum Gasteiger partial charge on any atom is 0.191 e. The van der Waals surface area contributed by atoms with Gasteiger partial charge in [0.15, 0.2) is 11.8 Å². The molecule has 0 spiro atoms. The highest BCUT2D eigenvalue weighted by molar-refractivity contribution is 14.0. The third kappa shape index (κ3) is 5.01. The topological polar surface area (TPSA) is 67.1 Å². The van der Waals surface area contributed by atoms with E-state index in [0.29, 0.717) is 11.3 Å². The second-order valence-corrected chi connectivity index (χ2v) is 7.09. The fourth-order valence-corrected chi connectivity index (χ4v) is 3.48. The fraction of sp³-hybridized carbons (Fsp3) is 0.769. The van der Waals surface area contributed by atoms with Crippen LogP contribution in [0.15, 0.2) is 4.99 Å². The molecule has 2 rings (SSSR count). The Hall–Kier alpha value is -0.510. The van der Waals surface area contributed by atoms with Crippen molar-refractivity contribution in [2.24, 2.45) is 12.0 Å². The molecule has 1 saturated heterocycles. The summed E-state index contributed by atoms with van der Waals surface area (Å²) in [6.45, 7) is 5.83. The van der Waals surface area contributed by atoms with Crippen LogP contribution < -0.4 is 10.6 Å². The van der Waals surface area contributed by atoms with Crippen LogP contribution in [0, 0.1) is 6.92 Å². The van der Waals surface area contributed by atoms with Crippen molar-refractivity contribution >= 4 is 41.7 Å². The van der Waals surface area contributed by atoms with Crippen molar-refractivity contribution in [3.8, 4) is 0 Å². The van der Waals surface area contributed by atoms with Gasteiger partial charge in [-0.1, -0.05) is 0 Å². The number of nitrogens with one attached hydrogen (secondary N) is 2. The van der Waals surface area contributed by atoms with Crippen molar-refractivity contribution < 1.29 is 0 Å². The highest BCUT2D eigenvalue weighted by Crippen LogP contribution is 2.36. The van der Waals surface area contributed by atoms with E-state index in [9.17, 15) is 0 Å². The number of halogens is 1. The predicted octanol–water partition coefficient (Wildman–Crippen LogP) is 1.69. The molecule has 21 heavy (non-hydrogen) atoms. The van der Waals surface area contributed by atoms with Crippen LogP contribution in [-0.4, -0.2) is 44.8 Å². The van der Waals surface area contributed by atoms with E-state index in [1.165, 1.54) is 18.6 Å². The molecule has 2 heterocycles. The lowest BCUT2D eigenvalue weighted by Crippen LogP contribution is -2.43. The summed E-state index contributed by atoms with van der Waals surface area (Å²) in [6, 6.07) is 0. The molecule has 0 bridgehead atoms. The third-order valence-corrected chi connectivity index (χ3v) is 5.29. The van der Waals surface area contributed by atoms with Crippen molar-refractivity contribution in [3.63, 3.8) is 0 Å². The lowest BCUT2D eigenvalue weighted by molar-refractivity contribution is 0.583. The van der Waals surface area contributed by atoms with Crippen molar-refractivity contribution in [2.75, 3.05) is 19.3 Å². The summed E-state index contributed by atoms with van der Waals surface area (Å²) in [5.41, 5.74) is 0. The fourth-order valence-electron chi connectivity index (χ4n) is 2.24. The molecule has 0 radical (unpaired) electrons. The zero-order chi connectivity index (χ0) is 14.6. The second kappa shape index (κ2) is 8.21. The lowest BCUT2D eigenvalue weighted by Gasteiger charge is -2.24.